The number of rotatable bonds is 7. The maximum absolute atomic E-state index is 12.9. The Kier molecular flexibility index (Phi) is 6.34. The first-order chi connectivity index (χ1) is 10.5. The minimum Gasteiger partial charge on any atom is -0.388 e. The fourth-order valence-electron chi connectivity index (χ4n) is 2.86. The van der Waals surface area contributed by atoms with E-state index in [1.807, 2.05) is 6.92 Å². The van der Waals surface area contributed by atoms with Crippen molar-refractivity contribution >= 4 is 5.91 Å². The molecule has 0 bridgehead atoms. The maximum Gasteiger partial charge on any atom is 0.220 e. The standard InChI is InChI=1S/C17H25FN2O2/c1-12(10-16(21)14-3-5-15(18)6-4-14)20-17(22)7-2-13-8-9-19-11-13/h3-6,12-13,16,19,21H,2,7-11H2,1H3,(H,20,22). The van der Waals surface area contributed by atoms with E-state index in [1.165, 1.54) is 12.1 Å². The van der Waals surface area contributed by atoms with Crippen molar-refractivity contribution in [3.63, 3.8) is 0 Å². The van der Waals surface area contributed by atoms with Crippen LogP contribution in [0.5, 0.6) is 0 Å². The first-order valence-corrected chi connectivity index (χ1v) is 7.98. The van der Waals surface area contributed by atoms with Crippen LogP contribution in [0.25, 0.3) is 0 Å². The predicted molar refractivity (Wildman–Crippen MR) is 83.8 cm³/mol. The van der Waals surface area contributed by atoms with Gasteiger partial charge < -0.3 is 15.7 Å². The summed E-state index contributed by atoms with van der Waals surface area (Å²) in [4.78, 5) is 11.9. The first-order valence-electron chi connectivity index (χ1n) is 7.98. The number of amides is 1. The number of benzene rings is 1. The average molecular weight is 308 g/mol. The zero-order valence-corrected chi connectivity index (χ0v) is 13.0. The van der Waals surface area contributed by atoms with Gasteiger partial charge in [0.1, 0.15) is 5.82 Å². The third-order valence-corrected chi connectivity index (χ3v) is 4.18. The first kappa shape index (κ1) is 16.9. The lowest BCUT2D eigenvalue weighted by molar-refractivity contribution is -0.122. The van der Waals surface area contributed by atoms with Crippen LogP contribution in [0.15, 0.2) is 24.3 Å². The molecule has 0 aromatic heterocycles. The Labute approximate surface area is 131 Å². The van der Waals surface area contributed by atoms with Crippen molar-refractivity contribution in [2.75, 3.05) is 13.1 Å². The molecule has 0 aliphatic carbocycles. The number of aliphatic hydroxyl groups excluding tert-OH is 1. The second-order valence-corrected chi connectivity index (χ2v) is 6.17. The van der Waals surface area contributed by atoms with Crippen molar-refractivity contribution in [3.05, 3.63) is 35.6 Å². The molecule has 5 heteroatoms. The van der Waals surface area contributed by atoms with E-state index in [4.69, 9.17) is 0 Å². The maximum atomic E-state index is 12.9. The Morgan fingerprint density at radius 1 is 1.45 bits per heavy atom. The van der Waals surface area contributed by atoms with Crippen LogP contribution in [0.3, 0.4) is 0 Å². The van der Waals surface area contributed by atoms with Gasteiger partial charge in [0.05, 0.1) is 6.10 Å². The molecule has 122 valence electrons. The molecule has 1 aromatic carbocycles. The lowest BCUT2D eigenvalue weighted by atomic mass is 10.0. The molecule has 3 unspecified atom stereocenters. The Morgan fingerprint density at radius 3 is 2.82 bits per heavy atom. The number of nitrogens with one attached hydrogen (secondary N) is 2. The van der Waals surface area contributed by atoms with Crippen molar-refractivity contribution in [1.82, 2.24) is 10.6 Å². The highest BCUT2D eigenvalue weighted by Gasteiger charge is 2.18. The number of carbonyl (C=O) groups is 1. The van der Waals surface area contributed by atoms with Crippen LogP contribution < -0.4 is 10.6 Å². The summed E-state index contributed by atoms with van der Waals surface area (Å²) in [6, 6.07) is 5.69. The highest BCUT2D eigenvalue weighted by Crippen LogP contribution is 2.19. The molecule has 1 aromatic rings. The molecule has 3 atom stereocenters. The summed E-state index contributed by atoms with van der Waals surface area (Å²) < 4.78 is 12.9. The van der Waals surface area contributed by atoms with Gasteiger partial charge in [0, 0.05) is 12.5 Å². The van der Waals surface area contributed by atoms with Gasteiger partial charge in [-0.25, -0.2) is 4.39 Å². The van der Waals surface area contributed by atoms with Crippen molar-refractivity contribution in [3.8, 4) is 0 Å². The van der Waals surface area contributed by atoms with Gasteiger partial charge >= 0.3 is 0 Å². The van der Waals surface area contributed by atoms with E-state index in [0.29, 0.717) is 24.3 Å². The normalized spacial score (nSPS) is 20.6. The molecule has 4 nitrogen and oxygen atoms in total. The lowest BCUT2D eigenvalue weighted by Crippen LogP contribution is -2.34. The highest BCUT2D eigenvalue weighted by molar-refractivity contribution is 5.76. The molecule has 3 N–H and O–H groups in total. The summed E-state index contributed by atoms with van der Waals surface area (Å²) in [7, 11) is 0. The Morgan fingerprint density at radius 2 is 2.18 bits per heavy atom. The molecule has 22 heavy (non-hydrogen) atoms. The number of aliphatic hydroxyl groups is 1. The second kappa shape index (κ2) is 8.25. The second-order valence-electron chi connectivity index (χ2n) is 6.17. The molecule has 0 saturated carbocycles. The third kappa shape index (κ3) is 5.39. The van der Waals surface area contributed by atoms with E-state index in [9.17, 15) is 14.3 Å². The molecule has 2 rings (SSSR count). The van der Waals surface area contributed by atoms with Crippen LogP contribution >= 0.6 is 0 Å². The highest BCUT2D eigenvalue weighted by atomic mass is 19.1. The predicted octanol–water partition coefficient (Wildman–Crippen LogP) is 2.14. The SMILES string of the molecule is CC(CC(O)c1ccc(F)cc1)NC(=O)CCC1CCNC1. The van der Waals surface area contributed by atoms with E-state index < -0.39 is 6.10 Å². The van der Waals surface area contributed by atoms with Crippen LogP contribution in [0.4, 0.5) is 4.39 Å². The van der Waals surface area contributed by atoms with Crippen molar-refractivity contribution in [2.24, 2.45) is 5.92 Å². The van der Waals surface area contributed by atoms with Crippen LogP contribution in [-0.4, -0.2) is 30.1 Å². The van der Waals surface area contributed by atoms with E-state index in [1.54, 1.807) is 12.1 Å². The monoisotopic (exact) mass is 308 g/mol. The molecule has 0 spiro atoms. The Hall–Kier alpha value is -1.46. The fourth-order valence-corrected chi connectivity index (χ4v) is 2.86. The summed E-state index contributed by atoms with van der Waals surface area (Å²) in [6.45, 7) is 3.93. The molecule has 1 saturated heterocycles. The van der Waals surface area contributed by atoms with Crippen LogP contribution in [0.1, 0.15) is 44.3 Å². The summed E-state index contributed by atoms with van der Waals surface area (Å²) in [5.41, 5.74) is 0.666. The summed E-state index contributed by atoms with van der Waals surface area (Å²) in [5, 5.41) is 16.3. The quantitative estimate of drug-likeness (QED) is 0.723. The zero-order chi connectivity index (χ0) is 15.9. The van der Waals surface area contributed by atoms with Gasteiger partial charge in [-0.2, -0.15) is 0 Å². The minimum absolute atomic E-state index is 0.0331. The van der Waals surface area contributed by atoms with Gasteiger partial charge in [-0.3, -0.25) is 4.79 Å². The van der Waals surface area contributed by atoms with Gasteiger partial charge in [-0.05, 0) is 62.9 Å². The molecule has 1 aliphatic heterocycles. The lowest BCUT2D eigenvalue weighted by Gasteiger charge is -2.18. The summed E-state index contributed by atoms with van der Waals surface area (Å²) in [6.07, 6.45) is 2.30. The Bertz CT molecular complexity index is 472. The topological polar surface area (TPSA) is 61.4 Å². The van der Waals surface area contributed by atoms with E-state index in [0.717, 1.165) is 25.9 Å². The van der Waals surface area contributed by atoms with Crippen molar-refractivity contribution in [2.45, 2.75) is 44.8 Å². The smallest absolute Gasteiger partial charge is 0.220 e. The molecule has 1 heterocycles. The van der Waals surface area contributed by atoms with Crippen molar-refractivity contribution in [1.29, 1.82) is 0 Å². The molecule has 1 amide bonds. The van der Waals surface area contributed by atoms with Crippen molar-refractivity contribution < 1.29 is 14.3 Å². The van der Waals surface area contributed by atoms with E-state index in [2.05, 4.69) is 10.6 Å². The molecular formula is C17H25FN2O2. The van der Waals surface area contributed by atoms with Gasteiger partial charge in [0.25, 0.3) is 0 Å². The molecule has 1 fully saturated rings. The number of hydrogen-bond donors (Lipinski definition) is 3. The Balaban J connectivity index is 1.70. The van der Waals surface area contributed by atoms with Gasteiger partial charge in [0.15, 0.2) is 0 Å². The minimum atomic E-state index is -0.699. The molecular weight excluding hydrogens is 283 g/mol. The van der Waals surface area contributed by atoms with Gasteiger partial charge in [-0.1, -0.05) is 12.1 Å². The van der Waals surface area contributed by atoms with Gasteiger partial charge in [-0.15, -0.1) is 0 Å². The largest absolute Gasteiger partial charge is 0.388 e. The van der Waals surface area contributed by atoms with Crippen LogP contribution in [0.2, 0.25) is 0 Å². The number of hydrogen-bond acceptors (Lipinski definition) is 3. The molecule has 0 radical (unpaired) electrons. The van der Waals surface area contributed by atoms with E-state index in [-0.39, 0.29) is 17.8 Å². The average Bonchev–Trinajstić information content (AvgIpc) is 2.99. The number of carbonyl (C=O) groups excluding carboxylic acids is 1. The fraction of sp³-hybridized carbons (Fsp3) is 0.588. The van der Waals surface area contributed by atoms with Crippen LogP contribution in [-0.2, 0) is 4.79 Å². The molecule has 1 aliphatic rings. The summed E-state index contributed by atoms with van der Waals surface area (Å²) >= 11 is 0. The third-order valence-electron chi connectivity index (χ3n) is 4.18. The van der Waals surface area contributed by atoms with E-state index >= 15 is 0 Å². The summed E-state index contributed by atoms with van der Waals surface area (Å²) in [5.74, 6) is 0.315. The van der Waals surface area contributed by atoms with Gasteiger partial charge in [0.2, 0.25) is 5.91 Å². The van der Waals surface area contributed by atoms with Crippen LogP contribution in [0, 0.1) is 11.7 Å². The zero-order valence-electron chi connectivity index (χ0n) is 13.0. The number of halogens is 1.